The number of piperidine rings is 1. The van der Waals surface area contributed by atoms with Gasteiger partial charge in [-0.25, -0.2) is 0 Å². The Hall–Kier alpha value is -1.43. The summed E-state index contributed by atoms with van der Waals surface area (Å²) in [5.41, 5.74) is -0.137. The molecule has 112 valence electrons. The summed E-state index contributed by atoms with van der Waals surface area (Å²) in [4.78, 5) is 0. The molecule has 2 rings (SSSR count). The maximum Gasteiger partial charge on any atom is 0.420 e. The number of nitrogens with one attached hydrogen (secondary N) is 1. The first-order valence-electron chi connectivity index (χ1n) is 6.51. The van der Waals surface area contributed by atoms with E-state index < -0.39 is 11.7 Å². The Bertz CT molecular complexity index is 468. The summed E-state index contributed by atoms with van der Waals surface area (Å²) in [6.45, 7) is 1.60. The third-order valence-corrected chi connectivity index (χ3v) is 3.57. The van der Waals surface area contributed by atoms with E-state index in [0.717, 1.165) is 19.4 Å². The molecule has 1 atom stereocenters. The average Bonchev–Trinajstić information content (AvgIpc) is 2.45. The molecule has 1 heterocycles. The summed E-state index contributed by atoms with van der Waals surface area (Å²) in [5.74, 6) is -0.0555. The smallest absolute Gasteiger partial charge is 0.420 e. The van der Waals surface area contributed by atoms with Gasteiger partial charge in [-0.1, -0.05) is 0 Å². The van der Waals surface area contributed by atoms with Crippen molar-refractivity contribution in [2.75, 3.05) is 27.3 Å². The van der Waals surface area contributed by atoms with Crippen molar-refractivity contribution in [1.82, 2.24) is 5.32 Å². The van der Waals surface area contributed by atoms with Gasteiger partial charge in [0, 0.05) is 6.54 Å². The lowest BCUT2D eigenvalue weighted by Crippen LogP contribution is -2.28. The van der Waals surface area contributed by atoms with Crippen molar-refractivity contribution < 1.29 is 22.6 Å². The number of rotatable bonds is 3. The molecule has 0 saturated carbocycles. The van der Waals surface area contributed by atoms with Gasteiger partial charge in [-0.15, -0.1) is 0 Å². The molecule has 20 heavy (non-hydrogen) atoms. The quantitative estimate of drug-likeness (QED) is 0.927. The normalized spacial score (nSPS) is 19.8. The van der Waals surface area contributed by atoms with Crippen molar-refractivity contribution in [2.45, 2.75) is 24.9 Å². The molecule has 0 radical (unpaired) electrons. The zero-order valence-electron chi connectivity index (χ0n) is 11.5. The fraction of sp³-hybridized carbons (Fsp3) is 0.571. The van der Waals surface area contributed by atoms with Crippen LogP contribution in [0.15, 0.2) is 12.1 Å². The van der Waals surface area contributed by atoms with E-state index in [0.29, 0.717) is 12.1 Å². The van der Waals surface area contributed by atoms with E-state index in [1.54, 1.807) is 6.07 Å². The highest BCUT2D eigenvalue weighted by Crippen LogP contribution is 2.44. The number of ether oxygens (including phenoxy) is 2. The maximum atomic E-state index is 13.1. The first kappa shape index (κ1) is 15.0. The van der Waals surface area contributed by atoms with Gasteiger partial charge >= 0.3 is 6.18 Å². The standard InChI is InChI=1S/C14H18F3NO2/c1-19-12-7-10(9-4-3-5-18-8-9)6-11(13(12)20-2)14(15,16)17/h6-7,9,18H,3-5,8H2,1-2H3. The Balaban J connectivity index is 2.48. The highest BCUT2D eigenvalue weighted by atomic mass is 19.4. The maximum absolute atomic E-state index is 13.1. The minimum atomic E-state index is -4.46. The fourth-order valence-electron chi connectivity index (χ4n) is 2.57. The lowest BCUT2D eigenvalue weighted by Gasteiger charge is -2.25. The molecule has 1 aliphatic heterocycles. The van der Waals surface area contributed by atoms with Gasteiger partial charge in [-0.05, 0) is 43.0 Å². The van der Waals surface area contributed by atoms with Gasteiger partial charge in [0.25, 0.3) is 0 Å². The molecular formula is C14H18F3NO2. The molecule has 0 amide bonds. The Kier molecular flexibility index (Phi) is 4.42. The van der Waals surface area contributed by atoms with Crippen LogP contribution in [0.25, 0.3) is 0 Å². The Labute approximate surface area is 116 Å². The molecule has 1 saturated heterocycles. The van der Waals surface area contributed by atoms with E-state index in [2.05, 4.69) is 5.32 Å². The van der Waals surface area contributed by atoms with Crippen LogP contribution in [0.4, 0.5) is 13.2 Å². The van der Waals surface area contributed by atoms with Crippen molar-refractivity contribution >= 4 is 0 Å². The van der Waals surface area contributed by atoms with Gasteiger partial charge in [0.05, 0.1) is 14.2 Å². The van der Waals surface area contributed by atoms with Crippen LogP contribution in [0.5, 0.6) is 11.5 Å². The second-order valence-corrected chi connectivity index (χ2v) is 4.85. The third kappa shape index (κ3) is 3.00. The lowest BCUT2D eigenvalue weighted by atomic mass is 9.90. The summed E-state index contributed by atoms with van der Waals surface area (Å²) in [6, 6.07) is 2.82. The summed E-state index contributed by atoms with van der Waals surface area (Å²) in [5, 5.41) is 3.20. The van der Waals surface area contributed by atoms with Gasteiger partial charge in [0.2, 0.25) is 0 Å². The van der Waals surface area contributed by atoms with E-state index in [1.807, 2.05) is 0 Å². The van der Waals surface area contributed by atoms with Crippen LogP contribution in [0.1, 0.15) is 29.9 Å². The summed E-state index contributed by atoms with van der Waals surface area (Å²) in [6.07, 6.45) is -2.63. The molecule has 3 nitrogen and oxygen atoms in total. The number of alkyl halides is 3. The second kappa shape index (κ2) is 5.91. The molecule has 1 fully saturated rings. The van der Waals surface area contributed by atoms with Crippen molar-refractivity contribution in [2.24, 2.45) is 0 Å². The second-order valence-electron chi connectivity index (χ2n) is 4.85. The Morgan fingerprint density at radius 1 is 1.20 bits per heavy atom. The predicted molar refractivity (Wildman–Crippen MR) is 69.4 cm³/mol. The SMILES string of the molecule is COc1cc(C2CCCNC2)cc(C(F)(F)F)c1OC. The molecular weight excluding hydrogens is 271 g/mol. The number of hydrogen-bond acceptors (Lipinski definition) is 3. The number of hydrogen-bond donors (Lipinski definition) is 1. The van der Waals surface area contributed by atoms with Gasteiger partial charge < -0.3 is 14.8 Å². The molecule has 1 aliphatic rings. The van der Waals surface area contributed by atoms with E-state index in [1.165, 1.54) is 20.3 Å². The molecule has 1 N–H and O–H groups in total. The minimum absolute atomic E-state index is 0.0738. The first-order chi connectivity index (χ1) is 9.47. The van der Waals surface area contributed by atoms with Crippen LogP contribution < -0.4 is 14.8 Å². The van der Waals surface area contributed by atoms with Crippen molar-refractivity contribution in [3.63, 3.8) is 0 Å². The Morgan fingerprint density at radius 2 is 1.95 bits per heavy atom. The van der Waals surface area contributed by atoms with Crippen LogP contribution in [-0.4, -0.2) is 27.3 Å². The van der Waals surface area contributed by atoms with Crippen LogP contribution in [0.3, 0.4) is 0 Å². The first-order valence-corrected chi connectivity index (χ1v) is 6.51. The fourth-order valence-corrected chi connectivity index (χ4v) is 2.57. The molecule has 0 bridgehead atoms. The topological polar surface area (TPSA) is 30.5 Å². The molecule has 6 heteroatoms. The van der Waals surface area contributed by atoms with Gasteiger partial charge in [-0.2, -0.15) is 13.2 Å². The molecule has 1 unspecified atom stereocenters. The average molecular weight is 289 g/mol. The van der Waals surface area contributed by atoms with Crippen molar-refractivity contribution in [3.05, 3.63) is 23.3 Å². The van der Waals surface area contributed by atoms with Crippen LogP contribution in [-0.2, 0) is 6.18 Å². The zero-order chi connectivity index (χ0) is 14.8. The largest absolute Gasteiger partial charge is 0.493 e. The van der Waals surface area contributed by atoms with Crippen LogP contribution in [0, 0.1) is 0 Å². The molecule has 0 aromatic heterocycles. The van der Waals surface area contributed by atoms with Crippen LogP contribution in [0.2, 0.25) is 0 Å². The monoisotopic (exact) mass is 289 g/mol. The van der Waals surface area contributed by atoms with Crippen molar-refractivity contribution in [3.8, 4) is 11.5 Å². The predicted octanol–water partition coefficient (Wildman–Crippen LogP) is 3.19. The summed E-state index contributed by atoms with van der Waals surface area (Å²) < 4.78 is 49.4. The third-order valence-electron chi connectivity index (χ3n) is 3.57. The van der Waals surface area contributed by atoms with E-state index in [-0.39, 0.29) is 17.4 Å². The number of methoxy groups -OCH3 is 2. The highest BCUT2D eigenvalue weighted by molar-refractivity contribution is 5.51. The number of halogens is 3. The summed E-state index contributed by atoms with van der Waals surface area (Å²) >= 11 is 0. The van der Waals surface area contributed by atoms with Crippen molar-refractivity contribution in [1.29, 1.82) is 0 Å². The van der Waals surface area contributed by atoms with E-state index in [9.17, 15) is 13.2 Å². The van der Waals surface area contributed by atoms with Crippen LogP contribution >= 0.6 is 0 Å². The molecule has 0 aliphatic carbocycles. The molecule has 1 aromatic carbocycles. The van der Waals surface area contributed by atoms with E-state index >= 15 is 0 Å². The Morgan fingerprint density at radius 3 is 2.45 bits per heavy atom. The highest BCUT2D eigenvalue weighted by Gasteiger charge is 2.37. The molecule has 0 spiro atoms. The summed E-state index contributed by atoms with van der Waals surface area (Å²) in [7, 11) is 2.57. The molecule has 1 aromatic rings. The minimum Gasteiger partial charge on any atom is -0.493 e. The van der Waals surface area contributed by atoms with Gasteiger partial charge in [0.1, 0.15) is 5.56 Å². The zero-order valence-corrected chi connectivity index (χ0v) is 11.5. The number of benzene rings is 1. The lowest BCUT2D eigenvalue weighted by molar-refractivity contribution is -0.139. The van der Waals surface area contributed by atoms with E-state index in [4.69, 9.17) is 9.47 Å². The van der Waals surface area contributed by atoms with Gasteiger partial charge in [0.15, 0.2) is 11.5 Å². The van der Waals surface area contributed by atoms with Gasteiger partial charge in [-0.3, -0.25) is 0 Å².